The molecule has 0 aromatic heterocycles. The van der Waals surface area contributed by atoms with Gasteiger partial charge in [-0.2, -0.15) is 0 Å². The van der Waals surface area contributed by atoms with Gasteiger partial charge in [-0.3, -0.25) is 4.79 Å². The van der Waals surface area contributed by atoms with Crippen LogP contribution in [0.25, 0.3) is 0 Å². The fraction of sp³-hybridized carbons (Fsp3) is 0.700. The molecule has 13 heavy (non-hydrogen) atoms. The molecule has 0 unspecified atom stereocenters. The van der Waals surface area contributed by atoms with E-state index in [0.717, 1.165) is 25.9 Å². The first-order valence-corrected chi connectivity index (χ1v) is 5.31. The standard InChI is InChI=1S/C10H18ClNO/c1-3-8-12(9-4-2)10(13)6-5-7-11/h5-6H,3-4,7-9H2,1-2H3. The second kappa shape index (κ2) is 8.11. The van der Waals surface area contributed by atoms with Crippen LogP contribution in [0.5, 0.6) is 0 Å². The van der Waals surface area contributed by atoms with Gasteiger partial charge in [0.2, 0.25) is 5.91 Å². The molecule has 3 heteroatoms. The summed E-state index contributed by atoms with van der Waals surface area (Å²) in [6.07, 6.45) is 5.24. The van der Waals surface area contributed by atoms with Crippen molar-refractivity contribution in [2.24, 2.45) is 0 Å². The fourth-order valence-corrected chi connectivity index (χ4v) is 1.21. The van der Waals surface area contributed by atoms with Crippen LogP contribution in [0.15, 0.2) is 12.2 Å². The van der Waals surface area contributed by atoms with Crippen molar-refractivity contribution in [3.05, 3.63) is 12.2 Å². The highest BCUT2D eigenvalue weighted by Gasteiger charge is 2.06. The molecule has 0 bridgehead atoms. The number of rotatable bonds is 6. The van der Waals surface area contributed by atoms with Gasteiger partial charge in [-0.1, -0.05) is 19.9 Å². The lowest BCUT2D eigenvalue weighted by atomic mass is 10.3. The van der Waals surface area contributed by atoms with Gasteiger partial charge in [0, 0.05) is 25.0 Å². The second-order valence-electron chi connectivity index (χ2n) is 2.88. The Morgan fingerprint density at radius 1 is 1.31 bits per heavy atom. The first-order valence-electron chi connectivity index (χ1n) is 4.77. The Labute approximate surface area is 85.6 Å². The number of carbonyl (C=O) groups excluding carboxylic acids is 1. The number of hydrogen-bond acceptors (Lipinski definition) is 1. The van der Waals surface area contributed by atoms with Gasteiger partial charge in [0.1, 0.15) is 0 Å². The highest BCUT2D eigenvalue weighted by Crippen LogP contribution is 1.96. The third-order valence-corrected chi connectivity index (χ3v) is 1.83. The van der Waals surface area contributed by atoms with Crippen LogP contribution in [-0.4, -0.2) is 29.8 Å². The van der Waals surface area contributed by atoms with E-state index in [1.165, 1.54) is 0 Å². The molecule has 0 saturated carbocycles. The van der Waals surface area contributed by atoms with Crippen LogP contribution >= 0.6 is 11.6 Å². The maximum absolute atomic E-state index is 11.5. The van der Waals surface area contributed by atoms with Crippen molar-refractivity contribution in [3.63, 3.8) is 0 Å². The number of nitrogens with zero attached hydrogens (tertiary/aromatic N) is 1. The third kappa shape index (κ3) is 5.69. The highest BCUT2D eigenvalue weighted by molar-refractivity contribution is 6.19. The third-order valence-electron chi connectivity index (χ3n) is 1.65. The van der Waals surface area contributed by atoms with E-state index in [2.05, 4.69) is 13.8 Å². The van der Waals surface area contributed by atoms with E-state index in [4.69, 9.17) is 11.6 Å². The van der Waals surface area contributed by atoms with Crippen LogP contribution in [0.4, 0.5) is 0 Å². The zero-order valence-electron chi connectivity index (χ0n) is 8.42. The Morgan fingerprint density at radius 3 is 2.23 bits per heavy atom. The molecule has 0 N–H and O–H groups in total. The average molecular weight is 204 g/mol. The predicted molar refractivity (Wildman–Crippen MR) is 57.0 cm³/mol. The minimum atomic E-state index is 0.0735. The lowest BCUT2D eigenvalue weighted by molar-refractivity contribution is -0.126. The largest absolute Gasteiger partial charge is 0.339 e. The molecule has 0 saturated heterocycles. The summed E-state index contributed by atoms with van der Waals surface area (Å²) < 4.78 is 0. The van der Waals surface area contributed by atoms with Gasteiger partial charge in [0.25, 0.3) is 0 Å². The molecule has 0 aromatic rings. The molecule has 0 aliphatic rings. The summed E-state index contributed by atoms with van der Waals surface area (Å²) in [6.45, 7) is 5.81. The first-order chi connectivity index (χ1) is 6.26. The first kappa shape index (κ1) is 12.5. The predicted octanol–water partition coefficient (Wildman–Crippen LogP) is 2.43. The number of hydrogen-bond donors (Lipinski definition) is 0. The molecule has 0 aliphatic carbocycles. The van der Waals surface area contributed by atoms with Crippen molar-refractivity contribution < 1.29 is 4.79 Å². The molecule has 76 valence electrons. The summed E-state index contributed by atoms with van der Waals surface area (Å²) in [5.41, 5.74) is 0. The van der Waals surface area contributed by atoms with Crippen molar-refractivity contribution in [1.29, 1.82) is 0 Å². The lowest BCUT2D eigenvalue weighted by Crippen LogP contribution is -2.30. The Balaban J connectivity index is 4.02. The quantitative estimate of drug-likeness (QED) is 0.480. The van der Waals surface area contributed by atoms with Gasteiger partial charge in [0.05, 0.1) is 0 Å². The Hall–Kier alpha value is -0.500. The number of carbonyl (C=O) groups is 1. The molecule has 0 aliphatic heterocycles. The number of amides is 1. The summed E-state index contributed by atoms with van der Waals surface area (Å²) in [5, 5.41) is 0. The zero-order chi connectivity index (χ0) is 10.1. The number of alkyl halides is 1. The Kier molecular flexibility index (Phi) is 7.80. The van der Waals surface area contributed by atoms with E-state index < -0.39 is 0 Å². The molecular formula is C10H18ClNO. The normalized spacial score (nSPS) is 10.7. The van der Waals surface area contributed by atoms with Crippen molar-refractivity contribution in [3.8, 4) is 0 Å². The summed E-state index contributed by atoms with van der Waals surface area (Å²) in [6, 6.07) is 0. The molecule has 0 aromatic carbocycles. The summed E-state index contributed by atoms with van der Waals surface area (Å²) in [5.74, 6) is 0.474. The fourth-order valence-electron chi connectivity index (χ4n) is 1.12. The van der Waals surface area contributed by atoms with Crippen LogP contribution < -0.4 is 0 Å². The molecule has 0 fully saturated rings. The number of halogens is 1. The van der Waals surface area contributed by atoms with E-state index in [9.17, 15) is 4.79 Å². The molecular weight excluding hydrogens is 186 g/mol. The second-order valence-corrected chi connectivity index (χ2v) is 3.19. The van der Waals surface area contributed by atoms with Crippen molar-refractivity contribution in [2.45, 2.75) is 26.7 Å². The minimum Gasteiger partial charge on any atom is -0.339 e. The van der Waals surface area contributed by atoms with Gasteiger partial charge in [-0.25, -0.2) is 0 Å². The summed E-state index contributed by atoms with van der Waals surface area (Å²) >= 11 is 5.45. The lowest BCUT2D eigenvalue weighted by Gasteiger charge is -2.19. The van der Waals surface area contributed by atoms with E-state index >= 15 is 0 Å². The van der Waals surface area contributed by atoms with E-state index in [1.54, 1.807) is 12.2 Å². The van der Waals surface area contributed by atoms with E-state index in [0.29, 0.717) is 5.88 Å². The van der Waals surface area contributed by atoms with Crippen LogP contribution in [-0.2, 0) is 4.79 Å². The summed E-state index contributed by atoms with van der Waals surface area (Å²) in [4.78, 5) is 13.3. The maximum atomic E-state index is 11.5. The molecule has 2 nitrogen and oxygen atoms in total. The van der Waals surface area contributed by atoms with Gasteiger partial charge in [-0.15, -0.1) is 11.6 Å². The van der Waals surface area contributed by atoms with Gasteiger partial charge < -0.3 is 4.90 Å². The molecule has 0 atom stereocenters. The van der Waals surface area contributed by atoms with Crippen LogP contribution in [0.3, 0.4) is 0 Å². The SMILES string of the molecule is CCCN(CCC)C(=O)C=CCCl. The molecule has 1 amide bonds. The Morgan fingerprint density at radius 2 is 1.85 bits per heavy atom. The molecule has 0 heterocycles. The monoisotopic (exact) mass is 203 g/mol. The Bertz CT molecular complexity index is 162. The molecule has 0 spiro atoms. The summed E-state index contributed by atoms with van der Waals surface area (Å²) in [7, 11) is 0. The van der Waals surface area contributed by atoms with Gasteiger partial charge in [0.15, 0.2) is 0 Å². The van der Waals surface area contributed by atoms with Crippen molar-refractivity contribution in [2.75, 3.05) is 19.0 Å². The van der Waals surface area contributed by atoms with Crippen LogP contribution in [0, 0.1) is 0 Å². The van der Waals surface area contributed by atoms with Crippen molar-refractivity contribution >= 4 is 17.5 Å². The average Bonchev–Trinajstić information content (AvgIpc) is 2.14. The maximum Gasteiger partial charge on any atom is 0.246 e. The zero-order valence-corrected chi connectivity index (χ0v) is 9.18. The molecule has 0 radical (unpaired) electrons. The van der Waals surface area contributed by atoms with E-state index in [-0.39, 0.29) is 5.91 Å². The minimum absolute atomic E-state index is 0.0735. The topological polar surface area (TPSA) is 20.3 Å². The van der Waals surface area contributed by atoms with Gasteiger partial charge >= 0.3 is 0 Å². The highest BCUT2D eigenvalue weighted by atomic mass is 35.5. The van der Waals surface area contributed by atoms with Crippen LogP contribution in [0.2, 0.25) is 0 Å². The van der Waals surface area contributed by atoms with Gasteiger partial charge in [-0.05, 0) is 12.8 Å². The smallest absolute Gasteiger partial charge is 0.246 e. The van der Waals surface area contributed by atoms with E-state index in [1.807, 2.05) is 4.90 Å². The number of allylic oxidation sites excluding steroid dienone is 1. The van der Waals surface area contributed by atoms with Crippen LogP contribution in [0.1, 0.15) is 26.7 Å². The van der Waals surface area contributed by atoms with Crippen molar-refractivity contribution in [1.82, 2.24) is 4.90 Å². The molecule has 0 rings (SSSR count).